The lowest BCUT2D eigenvalue weighted by molar-refractivity contribution is -0.141. The van der Waals surface area contributed by atoms with E-state index in [9.17, 15) is 37.5 Å². The molecule has 4 amide bonds. The summed E-state index contributed by atoms with van der Waals surface area (Å²) in [6, 6.07) is 13.9. The molecule has 3 aromatic carbocycles. The summed E-state index contributed by atoms with van der Waals surface area (Å²) in [5, 5.41) is 23.3. The number of aryl methyl sites for hydroxylation is 2. The van der Waals surface area contributed by atoms with Crippen molar-refractivity contribution in [2.75, 3.05) is 25.0 Å². The van der Waals surface area contributed by atoms with E-state index >= 15 is 0 Å². The second kappa shape index (κ2) is 26.9. The number of β-amino-alcohol motifs (C(OH)–C–C–N with tert-alkyl or cyclic N) is 1. The number of hydroxylamine groups is 1. The first kappa shape index (κ1) is 54.9. The van der Waals surface area contributed by atoms with Crippen molar-refractivity contribution in [1.29, 1.82) is 0 Å². The number of aromatic nitrogens is 2. The van der Waals surface area contributed by atoms with Crippen molar-refractivity contribution < 1.29 is 46.8 Å². The quantitative estimate of drug-likeness (QED) is 0.0203. The molecule has 0 spiro atoms. The van der Waals surface area contributed by atoms with Crippen LogP contribution in [0.4, 0.5) is 24.5 Å². The minimum Gasteiger partial charge on any atom is -0.391 e. The molecular formula is C52H63F3IN7O7S. The maximum Gasteiger partial charge on any atom is 0.277 e. The molecule has 14 nitrogen and oxygen atoms in total. The maximum atomic E-state index is 14.7. The van der Waals surface area contributed by atoms with Gasteiger partial charge in [0.1, 0.15) is 23.5 Å². The molecule has 0 unspecified atom stereocenters. The van der Waals surface area contributed by atoms with Crippen molar-refractivity contribution in [1.82, 2.24) is 31.2 Å². The maximum absolute atomic E-state index is 14.7. The van der Waals surface area contributed by atoms with Crippen molar-refractivity contribution in [2.24, 2.45) is 5.92 Å². The first-order valence-electron chi connectivity index (χ1n) is 24.2. The molecule has 71 heavy (non-hydrogen) atoms. The number of carbonyl (C=O) groups is 4. The average Bonchev–Trinajstić information content (AvgIpc) is 4.08. The van der Waals surface area contributed by atoms with E-state index in [1.54, 1.807) is 24.6 Å². The van der Waals surface area contributed by atoms with Gasteiger partial charge in [0.15, 0.2) is 11.6 Å². The van der Waals surface area contributed by atoms with Gasteiger partial charge < -0.3 is 30.5 Å². The number of benzene rings is 3. The van der Waals surface area contributed by atoms with Crippen molar-refractivity contribution >= 4 is 68.9 Å². The number of thiazole rings is 1. The van der Waals surface area contributed by atoms with E-state index in [1.165, 1.54) is 28.4 Å². The third kappa shape index (κ3) is 15.6. The number of aliphatic hydroxyl groups is 1. The number of rotatable bonds is 26. The number of hydrogen-bond donors (Lipinski definition) is 5. The number of aliphatic hydroxyl groups excluding tert-OH is 1. The van der Waals surface area contributed by atoms with Gasteiger partial charge in [-0.05, 0) is 96.7 Å². The Morgan fingerprint density at radius 3 is 2.23 bits per heavy atom. The fourth-order valence-corrected chi connectivity index (χ4v) is 9.94. The zero-order chi connectivity index (χ0) is 51.0. The highest BCUT2D eigenvalue weighted by molar-refractivity contribution is 14.1. The van der Waals surface area contributed by atoms with Gasteiger partial charge in [0.2, 0.25) is 17.7 Å². The Morgan fingerprint density at radius 2 is 1.59 bits per heavy atom. The summed E-state index contributed by atoms with van der Waals surface area (Å²) in [4.78, 5) is 66.5. The highest BCUT2D eigenvalue weighted by atomic mass is 127. The Hall–Kier alpha value is -5.38. The molecule has 0 saturated carbocycles. The second-order valence-electron chi connectivity index (χ2n) is 18.3. The van der Waals surface area contributed by atoms with Crippen molar-refractivity contribution in [2.45, 2.75) is 129 Å². The van der Waals surface area contributed by atoms with Gasteiger partial charge in [0.05, 0.1) is 63.9 Å². The molecule has 0 aliphatic carbocycles. The molecule has 0 bridgehead atoms. The molecule has 0 radical (unpaired) electrons. The number of amides is 4. The predicted octanol–water partition coefficient (Wildman–Crippen LogP) is 10.5. The second-order valence-corrected chi connectivity index (χ2v) is 20.4. The van der Waals surface area contributed by atoms with Crippen LogP contribution in [0.5, 0.6) is 0 Å². The van der Waals surface area contributed by atoms with Crippen LogP contribution in [-0.2, 0) is 19.2 Å². The van der Waals surface area contributed by atoms with Crippen LogP contribution in [0.15, 0.2) is 70.7 Å². The normalized spacial score (nSPS) is 15.4. The zero-order valence-electron chi connectivity index (χ0n) is 40.5. The lowest BCUT2D eigenvalue weighted by atomic mass is 9.91. The number of halogens is 4. The highest BCUT2D eigenvalue weighted by Gasteiger charge is 2.44. The van der Waals surface area contributed by atoms with E-state index in [2.05, 4.69) is 31.6 Å². The largest absolute Gasteiger partial charge is 0.391 e. The first-order chi connectivity index (χ1) is 34.1. The van der Waals surface area contributed by atoms with E-state index in [0.29, 0.717) is 28.0 Å². The fourth-order valence-electron chi connectivity index (χ4n) is 8.67. The molecule has 382 valence electrons. The van der Waals surface area contributed by atoms with E-state index in [1.807, 2.05) is 67.6 Å². The number of carbonyl (C=O) groups excluding carboxylic acids is 4. The Labute approximate surface area is 430 Å². The summed E-state index contributed by atoms with van der Waals surface area (Å²) < 4.78 is 49.3. The molecule has 1 fully saturated rings. The summed E-state index contributed by atoms with van der Waals surface area (Å²) >= 11 is 3.46. The van der Waals surface area contributed by atoms with E-state index in [4.69, 9.17) is 9.36 Å². The van der Waals surface area contributed by atoms with Crippen molar-refractivity contribution in [3.8, 4) is 10.4 Å². The number of likely N-dealkylation sites (tertiary alicyclic amines) is 1. The van der Waals surface area contributed by atoms with Crippen molar-refractivity contribution in [3.05, 3.63) is 115 Å². The molecule has 3 heterocycles. The van der Waals surface area contributed by atoms with Crippen LogP contribution in [0.1, 0.15) is 136 Å². The molecule has 1 saturated heterocycles. The molecule has 19 heteroatoms. The third-order valence-electron chi connectivity index (χ3n) is 12.5. The van der Waals surface area contributed by atoms with Gasteiger partial charge in [-0.3, -0.25) is 24.0 Å². The Morgan fingerprint density at radius 1 is 0.901 bits per heavy atom. The molecule has 5 aromatic rings. The van der Waals surface area contributed by atoms with Gasteiger partial charge in [0, 0.05) is 29.1 Å². The average molecular weight is 1110 g/mol. The molecule has 6 rings (SSSR count). The fraction of sp³-hybridized carbons (Fsp3) is 0.462. The first-order valence-corrected chi connectivity index (χ1v) is 26.2. The van der Waals surface area contributed by atoms with Gasteiger partial charge in [-0.1, -0.05) is 94.6 Å². The summed E-state index contributed by atoms with van der Waals surface area (Å²) in [5.74, 6) is -5.42. The van der Waals surface area contributed by atoms with Crippen LogP contribution in [0, 0.1) is 40.8 Å². The smallest absolute Gasteiger partial charge is 0.277 e. The van der Waals surface area contributed by atoms with Crippen LogP contribution < -0.4 is 21.4 Å². The zero-order valence-corrected chi connectivity index (χ0v) is 43.5. The van der Waals surface area contributed by atoms with Gasteiger partial charge in [-0.15, -0.1) is 11.3 Å². The minimum absolute atomic E-state index is 0.00204. The monoisotopic (exact) mass is 1110 g/mol. The Balaban J connectivity index is 0.887. The predicted molar refractivity (Wildman–Crippen MR) is 274 cm³/mol. The molecule has 4 atom stereocenters. The topological polar surface area (TPSA) is 188 Å². The summed E-state index contributed by atoms with van der Waals surface area (Å²) in [6.45, 7) is 8.23. The van der Waals surface area contributed by atoms with Gasteiger partial charge in [-0.2, -0.15) is 0 Å². The van der Waals surface area contributed by atoms with Gasteiger partial charge in [0.25, 0.3) is 5.91 Å². The van der Waals surface area contributed by atoms with Crippen LogP contribution in [0.2, 0.25) is 0 Å². The molecule has 1 aliphatic rings. The van der Waals surface area contributed by atoms with Gasteiger partial charge in [-0.25, -0.2) is 23.6 Å². The lowest BCUT2D eigenvalue weighted by Gasteiger charge is -2.30. The molecule has 1 aliphatic heterocycles. The lowest BCUT2D eigenvalue weighted by Crippen LogP contribution is -2.49. The number of nitrogens with zero attached hydrogens (tertiary/aromatic N) is 3. The Kier molecular flexibility index (Phi) is 20.8. The van der Waals surface area contributed by atoms with E-state index < -0.39 is 59.1 Å². The summed E-state index contributed by atoms with van der Waals surface area (Å²) in [7, 11) is 0. The number of unbranched alkanes of at least 4 members (excludes halogenated alkanes) is 9. The van der Waals surface area contributed by atoms with Crippen molar-refractivity contribution in [3.63, 3.8) is 0 Å². The molecule has 5 N–H and O–H groups in total. The van der Waals surface area contributed by atoms with Crippen LogP contribution in [0.3, 0.4) is 0 Å². The number of nitrogens with one attached hydrogen (secondary N) is 4. The van der Waals surface area contributed by atoms with Crippen LogP contribution in [-0.4, -0.2) is 75.6 Å². The third-order valence-corrected chi connectivity index (χ3v) is 14.1. The summed E-state index contributed by atoms with van der Waals surface area (Å²) in [5.41, 5.74) is 6.48. The molecular weight excluding hydrogens is 1050 g/mol. The minimum atomic E-state index is -1.31. The van der Waals surface area contributed by atoms with Crippen LogP contribution in [0.25, 0.3) is 10.4 Å². The van der Waals surface area contributed by atoms with E-state index in [-0.39, 0.29) is 55.0 Å². The number of anilines is 2. The standard InChI is InChI=1S/C52H63F3IN7O7S/c1-31(2)46(44-25-32(3)61-70-44)52(68)63-29-37(64)27-43(63)51(67)60-42(34-15-17-35(18-16-34)49-33(4)58-30-71-49)28-45(65)57-23-13-11-9-7-5-6-8-10-12-14-24-69-62-50(66)38-20-21-39(53)47(55)48(38)59-41-22-19-36(56)26-40(41)54/h15-22,25-26,30-31,37,42-43,46,59,64H,5-14,23-24,27-29H2,1-4H3,(H,57,65)(H,60,67)(H,62,66)/t37-,42+,43+,46-/m1/s1. The number of hydrogen-bond acceptors (Lipinski definition) is 11. The Bertz CT molecular complexity index is 2580. The highest BCUT2D eigenvalue weighted by Crippen LogP contribution is 2.33. The molecule has 2 aromatic heterocycles. The van der Waals surface area contributed by atoms with Gasteiger partial charge >= 0.3 is 0 Å². The summed E-state index contributed by atoms with van der Waals surface area (Å²) in [6.07, 6.45) is 8.75. The SMILES string of the molecule is Cc1cc([C@H](C(=O)N2C[C@H](O)C[C@H]2C(=O)N[C@@H](CC(=O)NCCCCCCCCCCCCONC(=O)c2ccc(F)c(F)c2Nc2ccc(I)cc2F)c2ccc(-c3scnc3C)cc2)C(C)C)on1. The van der Waals surface area contributed by atoms with Crippen LogP contribution >= 0.6 is 33.9 Å². The van der Waals surface area contributed by atoms with E-state index in [0.717, 1.165) is 91.6 Å².